The minimum absolute atomic E-state index is 0.00553. The fourth-order valence-electron chi connectivity index (χ4n) is 2.21. The first kappa shape index (κ1) is 19.1. The predicted molar refractivity (Wildman–Crippen MR) is 92.4 cm³/mol. The van der Waals surface area contributed by atoms with Gasteiger partial charge in [0, 0.05) is 12.5 Å². The molecule has 0 aromatic heterocycles. The molecule has 1 N–H and O–H groups in total. The van der Waals surface area contributed by atoms with Gasteiger partial charge in [0.1, 0.15) is 18.2 Å². The molecule has 0 aliphatic heterocycles. The van der Waals surface area contributed by atoms with E-state index in [4.69, 9.17) is 4.74 Å². The number of ether oxygens (including phenoxy) is 1. The van der Waals surface area contributed by atoms with Gasteiger partial charge < -0.3 is 10.1 Å². The molecule has 0 bridgehead atoms. The number of carbonyl (C=O) groups is 2. The summed E-state index contributed by atoms with van der Waals surface area (Å²) in [6.45, 7) is 0.0521. The van der Waals surface area contributed by atoms with Gasteiger partial charge in [0.05, 0.1) is 11.4 Å². The van der Waals surface area contributed by atoms with Gasteiger partial charge in [0.15, 0.2) is 5.78 Å². The maximum atomic E-state index is 13.3. The molecule has 25 heavy (non-hydrogen) atoms. The molecular weight excluding hydrogens is 396 g/mol. The zero-order valence-electron chi connectivity index (χ0n) is 13.2. The van der Waals surface area contributed by atoms with Crippen molar-refractivity contribution in [3.63, 3.8) is 0 Å². The van der Waals surface area contributed by atoms with Gasteiger partial charge in [-0.25, -0.2) is 13.6 Å². The van der Waals surface area contributed by atoms with E-state index >= 15 is 0 Å². The van der Waals surface area contributed by atoms with Gasteiger partial charge in [0.2, 0.25) is 0 Å². The van der Waals surface area contributed by atoms with Gasteiger partial charge >= 0.3 is 6.09 Å². The number of Topliss-reactive ketones (excluding diaryl/α,β-unsaturated/α-hetero) is 1. The Kier molecular flexibility index (Phi) is 7.06. The van der Waals surface area contributed by atoms with Gasteiger partial charge in [0.25, 0.3) is 0 Å². The summed E-state index contributed by atoms with van der Waals surface area (Å²) in [6, 6.07) is 11.1. The number of alkyl halides is 1. The van der Waals surface area contributed by atoms with E-state index in [1.807, 2.05) is 18.2 Å². The normalized spacial score (nSPS) is 11.6. The van der Waals surface area contributed by atoms with E-state index in [0.717, 1.165) is 23.8 Å². The molecule has 0 fully saturated rings. The van der Waals surface area contributed by atoms with E-state index in [0.29, 0.717) is 0 Å². The first-order valence-electron chi connectivity index (χ1n) is 7.49. The molecule has 2 aromatic carbocycles. The van der Waals surface area contributed by atoms with Crippen molar-refractivity contribution in [2.75, 3.05) is 5.33 Å². The van der Waals surface area contributed by atoms with Crippen LogP contribution in [0.1, 0.15) is 11.1 Å². The lowest BCUT2D eigenvalue weighted by molar-refractivity contribution is -0.118. The van der Waals surface area contributed by atoms with Gasteiger partial charge in [-0.15, -0.1) is 0 Å². The van der Waals surface area contributed by atoms with E-state index in [-0.39, 0.29) is 29.7 Å². The van der Waals surface area contributed by atoms with Crippen molar-refractivity contribution in [2.24, 2.45) is 0 Å². The third kappa shape index (κ3) is 6.26. The van der Waals surface area contributed by atoms with Crippen molar-refractivity contribution < 1.29 is 23.1 Å². The molecule has 0 radical (unpaired) electrons. The number of ketones is 1. The highest BCUT2D eigenvalue weighted by atomic mass is 79.9. The summed E-state index contributed by atoms with van der Waals surface area (Å²) in [6.07, 6.45) is -0.820. The summed E-state index contributed by atoms with van der Waals surface area (Å²) in [7, 11) is 0. The zero-order valence-corrected chi connectivity index (χ0v) is 14.8. The van der Waals surface area contributed by atoms with Crippen LogP contribution in [0.15, 0.2) is 48.5 Å². The number of hydrogen-bond donors (Lipinski definition) is 1. The Morgan fingerprint density at radius 3 is 2.28 bits per heavy atom. The molecule has 0 saturated carbocycles. The van der Waals surface area contributed by atoms with Crippen LogP contribution in [0.5, 0.6) is 0 Å². The van der Waals surface area contributed by atoms with Crippen LogP contribution in [0.25, 0.3) is 0 Å². The zero-order chi connectivity index (χ0) is 18.2. The van der Waals surface area contributed by atoms with Gasteiger partial charge in [-0.3, -0.25) is 4.79 Å². The van der Waals surface area contributed by atoms with Crippen LogP contribution in [0.2, 0.25) is 0 Å². The molecule has 1 amide bonds. The molecule has 0 saturated heterocycles. The summed E-state index contributed by atoms with van der Waals surface area (Å²) in [5.74, 6) is -1.82. The molecule has 0 unspecified atom stereocenters. The van der Waals surface area contributed by atoms with Gasteiger partial charge in [-0.2, -0.15) is 0 Å². The lowest BCUT2D eigenvalue weighted by Gasteiger charge is -2.17. The number of amides is 1. The number of benzene rings is 2. The molecule has 7 heteroatoms. The Hall–Kier alpha value is -2.28. The SMILES string of the molecule is O=C(N[C@@H](Cc1cc(F)cc(F)c1)C(=O)CBr)OCc1ccccc1. The Labute approximate surface area is 152 Å². The summed E-state index contributed by atoms with van der Waals surface area (Å²) >= 11 is 3.03. The Morgan fingerprint density at radius 1 is 1.04 bits per heavy atom. The largest absolute Gasteiger partial charge is 0.445 e. The van der Waals surface area contributed by atoms with Crippen molar-refractivity contribution in [3.05, 3.63) is 71.3 Å². The van der Waals surface area contributed by atoms with Crippen LogP contribution in [0.3, 0.4) is 0 Å². The van der Waals surface area contributed by atoms with E-state index in [1.54, 1.807) is 12.1 Å². The molecule has 0 heterocycles. The summed E-state index contributed by atoms with van der Waals surface area (Å²) in [5.41, 5.74) is 1.06. The van der Waals surface area contributed by atoms with E-state index < -0.39 is 23.8 Å². The number of alkyl carbamates (subject to hydrolysis) is 1. The lowest BCUT2D eigenvalue weighted by Crippen LogP contribution is -2.43. The van der Waals surface area contributed by atoms with E-state index in [2.05, 4.69) is 21.2 Å². The quantitative estimate of drug-likeness (QED) is 0.705. The third-order valence-electron chi connectivity index (χ3n) is 3.39. The second kappa shape index (κ2) is 9.27. The monoisotopic (exact) mass is 411 g/mol. The molecule has 1 atom stereocenters. The Balaban J connectivity index is 1.99. The Bertz CT molecular complexity index is 720. The standard InChI is InChI=1S/C18H16BrF2NO3/c19-10-17(23)16(8-13-6-14(20)9-15(21)7-13)22-18(24)25-11-12-4-2-1-3-5-12/h1-7,9,16H,8,10-11H2,(H,22,24)/t16-/m0/s1. The van der Waals surface area contributed by atoms with Crippen LogP contribution < -0.4 is 5.32 Å². The summed E-state index contributed by atoms with van der Waals surface area (Å²) in [5, 5.41) is 2.43. The lowest BCUT2D eigenvalue weighted by atomic mass is 10.0. The van der Waals surface area contributed by atoms with E-state index in [9.17, 15) is 18.4 Å². The topological polar surface area (TPSA) is 55.4 Å². The second-order valence-corrected chi connectivity index (χ2v) is 5.90. The maximum Gasteiger partial charge on any atom is 0.408 e. The second-order valence-electron chi connectivity index (χ2n) is 5.34. The van der Waals surface area contributed by atoms with Crippen molar-refractivity contribution >= 4 is 27.8 Å². The average Bonchev–Trinajstić information content (AvgIpc) is 2.58. The predicted octanol–water partition coefficient (Wildman–Crippen LogP) is 3.77. The molecule has 2 aromatic rings. The molecule has 0 aliphatic carbocycles. The molecular formula is C18H16BrF2NO3. The fourth-order valence-corrected chi connectivity index (χ4v) is 2.60. The number of nitrogens with one attached hydrogen (secondary N) is 1. The highest BCUT2D eigenvalue weighted by molar-refractivity contribution is 9.09. The van der Waals surface area contributed by atoms with Crippen molar-refractivity contribution in [1.82, 2.24) is 5.32 Å². The number of halogens is 3. The minimum Gasteiger partial charge on any atom is -0.445 e. The minimum atomic E-state index is -0.955. The smallest absolute Gasteiger partial charge is 0.408 e. The van der Waals surface area contributed by atoms with Crippen LogP contribution in [-0.2, 0) is 22.6 Å². The van der Waals surface area contributed by atoms with Crippen LogP contribution in [-0.4, -0.2) is 23.2 Å². The Morgan fingerprint density at radius 2 is 1.68 bits per heavy atom. The van der Waals surface area contributed by atoms with Crippen molar-refractivity contribution in [3.8, 4) is 0 Å². The van der Waals surface area contributed by atoms with E-state index in [1.165, 1.54) is 0 Å². The third-order valence-corrected chi connectivity index (χ3v) is 3.94. The van der Waals surface area contributed by atoms with Gasteiger partial charge in [-0.1, -0.05) is 46.3 Å². The first-order valence-corrected chi connectivity index (χ1v) is 8.61. The number of hydrogen-bond acceptors (Lipinski definition) is 3. The maximum absolute atomic E-state index is 13.3. The molecule has 0 aliphatic rings. The highest BCUT2D eigenvalue weighted by Crippen LogP contribution is 2.11. The molecule has 4 nitrogen and oxygen atoms in total. The van der Waals surface area contributed by atoms with Gasteiger partial charge in [-0.05, 0) is 23.3 Å². The van der Waals surface area contributed by atoms with Crippen LogP contribution >= 0.6 is 15.9 Å². The fraction of sp³-hybridized carbons (Fsp3) is 0.222. The van der Waals surface area contributed by atoms with Crippen LogP contribution in [0.4, 0.5) is 13.6 Å². The first-order chi connectivity index (χ1) is 12.0. The molecule has 0 spiro atoms. The van der Waals surface area contributed by atoms with Crippen LogP contribution in [0, 0.1) is 11.6 Å². The summed E-state index contributed by atoms with van der Waals surface area (Å²) < 4.78 is 31.6. The number of carbonyl (C=O) groups excluding carboxylic acids is 2. The van der Waals surface area contributed by atoms with Crippen molar-refractivity contribution in [1.29, 1.82) is 0 Å². The number of rotatable bonds is 7. The average molecular weight is 412 g/mol. The summed E-state index contributed by atoms with van der Waals surface area (Å²) in [4.78, 5) is 23.9. The molecule has 132 valence electrons. The van der Waals surface area contributed by atoms with Crippen molar-refractivity contribution in [2.45, 2.75) is 19.1 Å². The highest BCUT2D eigenvalue weighted by Gasteiger charge is 2.21. The molecule has 2 rings (SSSR count).